The van der Waals surface area contributed by atoms with Gasteiger partial charge in [0.05, 0.1) is 23.3 Å². The van der Waals surface area contributed by atoms with Crippen LogP contribution in [0.3, 0.4) is 0 Å². The van der Waals surface area contributed by atoms with E-state index < -0.39 is 0 Å². The summed E-state index contributed by atoms with van der Waals surface area (Å²) < 4.78 is 5.12. The van der Waals surface area contributed by atoms with Crippen molar-refractivity contribution in [2.24, 2.45) is 11.8 Å². The van der Waals surface area contributed by atoms with Gasteiger partial charge in [-0.2, -0.15) is 0 Å². The minimum absolute atomic E-state index is 0.0815. The molecule has 4 nitrogen and oxygen atoms in total. The number of fused-ring (bicyclic) bond motifs is 1. The summed E-state index contributed by atoms with van der Waals surface area (Å²) in [7, 11) is 3.32. The molecule has 126 valence electrons. The summed E-state index contributed by atoms with van der Waals surface area (Å²) in [6.45, 7) is 0. The Morgan fingerprint density at radius 3 is 2.17 bits per heavy atom. The molecule has 2 saturated carbocycles. The number of methoxy groups -OCH3 is 1. The SMILES string of the molecule is COc1c(Cl)cc(C(=O)N(C)C2C[C@H]3CC(O)C[C@H]3C2)cc1Cl. The van der Waals surface area contributed by atoms with Crippen molar-refractivity contribution in [1.82, 2.24) is 4.90 Å². The van der Waals surface area contributed by atoms with Gasteiger partial charge < -0.3 is 14.7 Å². The van der Waals surface area contributed by atoms with Crippen molar-refractivity contribution in [2.45, 2.75) is 37.8 Å². The number of rotatable bonds is 3. The fourth-order valence-electron chi connectivity index (χ4n) is 4.12. The van der Waals surface area contributed by atoms with Crippen molar-refractivity contribution >= 4 is 29.1 Å². The number of halogens is 2. The van der Waals surface area contributed by atoms with E-state index in [2.05, 4.69) is 0 Å². The first kappa shape index (κ1) is 16.9. The Kier molecular flexibility index (Phi) is 4.77. The number of hydrogen-bond donors (Lipinski definition) is 1. The summed E-state index contributed by atoms with van der Waals surface area (Å²) >= 11 is 12.3. The molecule has 0 radical (unpaired) electrons. The monoisotopic (exact) mass is 357 g/mol. The van der Waals surface area contributed by atoms with Gasteiger partial charge >= 0.3 is 0 Å². The van der Waals surface area contributed by atoms with Gasteiger partial charge in [-0.3, -0.25) is 4.79 Å². The highest BCUT2D eigenvalue weighted by Crippen LogP contribution is 2.45. The summed E-state index contributed by atoms with van der Waals surface area (Å²) in [5, 5.41) is 10.4. The number of hydrogen-bond acceptors (Lipinski definition) is 3. The molecule has 2 aliphatic rings. The number of nitrogens with zero attached hydrogens (tertiary/aromatic N) is 1. The zero-order valence-corrected chi connectivity index (χ0v) is 14.8. The van der Waals surface area contributed by atoms with Gasteiger partial charge in [0, 0.05) is 18.7 Å². The normalized spacial score (nSPS) is 29.4. The second kappa shape index (κ2) is 6.50. The van der Waals surface area contributed by atoms with Crippen LogP contribution in [-0.4, -0.2) is 42.2 Å². The average Bonchev–Trinajstić information content (AvgIpc) is 3.02. The quantitative estimate of drug-likeness (QED) is 0.898. The van der Waals surface area contributed by atoms with Crippen LogP contribution in [0.25, 0.3) is 0 Å². The third-order valence-electron chi connectivity index (χ3n) is 5.28. The number of aliphatic hydroxyl groups excluding tert-OH is 1. The molecule has 0 aromatic heterocycles. The molecule has 1 N–H and O–H groups in total. The zero-order chi connectivity index (χ0) is 16.7. The standard InChI is InChI=1S/C17H21Cl2NO3/c1-20(12-3-9-5-13(21)6-10(9)4-12)17(22)11-7-14(18)16(23-2)15(19)8-11/h7-10,12-13,21H,3-6H2,1-2H3/t9-,10+,12?,13?. The van der Waals surface area contributed by atoms with Crippen molar-refractivity contribution < 1.29 is 14.6 Å². The van der Waals surface area contributed by atoms with Gasteiger partial charge in [0.2, 0.25) is 0 Å². The first-order chi connectivity index (χ1) is 10.9. The topological polar surface area (TPSA) is 49.8 Å². The molecule has 4 atom stereocenters. The van der Waals surface area contributed by atoms with Crippen molar-refractivity contribution in [2.75, 3.05) is 14.2 Å². The highest BCUT2D eigenvalue weighted by molar-refractivity contribution is 6.37. The molecule has 0 heterocycles. The highest BCUT2D eigenvalue weighted by Gasteiger charge is 2.43. The maximum atomic E-state index is 12.7. The van der Waals surface area contributed by atoms with Crippen LogP contribution in [0.1, 0.15) is 36.0 Å². The molecule has 2 unspecified atom stereocenters. The summed E-state index contributed by atoms with van der Waals surface area (Å²) in [6.07, 6.45) is 3.49. The minimum atomic E-state index is -0.161. The van der Waals surface area contributed by atoms with E-state index in [1.165, 1.54) is 7.11 Å². The van der Waals surface area contributed by atoms with E-state index in [9.17, 15) is 9.90 Å². The molecular formula is C17H21Cl2NO3. The summed E-state index contributed by atoms with van der Waals surface area (Å²) in [5.74, 6) is 1.38. The van der Waals surface area contributed by atoms with E-state index >= 15 is 0 Å². The molecule has 1 amide bonds. The van der Waals surface area contributed by atoms with Crippen LogP contribution in [0.15, 0.2) is 12.1 Å². The van der Waals surface area contributed by atoms with E-state index in [0.717, 1.165) is 25.7 Å². The van der Waals surface area contributed by atoms with Crippen molar-refractivity contribution in [3.05, 3.63) is 27.7 Å². The number of carbonyl (C=O) groups is 1. The zero-order valence-electron chi connectivity index (χ0n) is 13.3. The Morgan fingerprint density at radius 1 is 1.17 bits per heavy atom. The van der Waals surface area contributed by atoms with Gasteiger partial charge in [0.25, 0.3) is 5.91 Å². The van der Waals surface area contributed by atoms with Gasteiger partial charge in [0.1, 0.15) is 0 Å². The van der Waals surface area contributed by atoms with Gasteiger partial charge in [-0.25, -0.2) is 0 Å². The number of carbonyl (C=O) groups excluding carboxylic acids is 1. The van der Waals surface area contributed by atoms with Crippen molar-refractivity contribution in [1.29, 1.82) is 0 Å². The van der Waals surface area contributed by atoms with Crippen LogP contribution in [0.5, 0.6) is 5.75 Å². The Bertz CT molecular complexity index is 585. The fraction of sp³-hybridized carbons (Fsp3) is 0.588. The van der Waals surface area contributed by atoms with E-state index in [4.69, 9.17) is 27.9 Å². The second-order valence-electron chi connectivity index (χ2n) is 6.66. The number of amides is 1. The van der Waals surface area contributed by atoms with Crippen molar-refractivity contribution in [3.63, 3.8) is 0 Å². The molecule has 23 heavy (non-hydrogen) atoms. The lowest BCUT2D eigenvalue weighted by Crippen LogP contribution is -2.36. The molecule has 3 rings (SSSR count). The molecule has 2 fully saturated rings. The van der Waals surface area contributed by atoms with E-state index in [1.807, 2.05) is 7.05 Å². The molecule has 0 spiro atoms. The molecule has 0 aliphatic heterocycles. The number of benzene rings is 1. The predicted molar refractivity (Wildman–Crippen MR) is 90.4 cm³/mol. The van der Waals surface area contributed by atoms with Crippen LogP contribution >= 0.6 is 23.2 Å². The van der Waals surface area contributed by atoms with Crippen LogP contribution < -0.4 is 4.74 Å². The molecular weight excluding hydrogens is 337 g/mol. The lowest BCUT2D eigenvalue weighted by Gasteiger charge is -2.26. The van der Waals surface area contributed by atoms with Crippen LogP contribution in [0, 0.1) is 11.8 Å². The Labute approximate surface area is 146 Å². The van der Waals surface area contributed by atoms with Gasteiger partial charge in [0.15, 0.2) is 5.75 Å². The number of aliphatic hydroxyl groups is 1. The van der Waals surface area contributed by atoms with Crippen LogP contribution in [-0.2, 0) is 0 Å². The van der Waals surface area contributed by atoms with E-state index in [-0.39, 0.29) is 18.1 Å². The van der Waals surface area contributed by atoms with Gasteiger partial charge in [-0.1, -0.05) is 23.2 Å². The Balaban J connectivity index is 1.74. The molecule has 2 aliphatic carbocycles. The predicted octanol–water partition coefficient (Wildman–Crippen LogP) is 3.62. The van der Waals surface area contributed by atoms with E-state index in [1.54, 1.807) is 17.0 Å². The molecule has 1 aromatic carbocycles. The van der Waals surface area contributed by atoms with Crippen LogP contribution in [0.2, 0.25) is 10.0 Å². The van der Waals surface area contributed by atoms with Gasteiger partial charge in [-0.15, -0.1) is 0 Å². The maximum Gasteiger partial charge on any atom is 0.253 e. The molecule has 0 bridgehead atoms. The molecule has 6 heteroatoms. The van der Waals surface area contributed by atoms with Crippen LogP contribution in [0.4, 0.5) is 0 Å². The largest absolute Gasteiger partial charge is 0.494 e. The fourth-order valence-corrected chi connectivity index (χ4v) is 4.76. The summed E-state index contributed by atoms with van der Waals surface area (Å²) in [6, 6.07) is 3.42. The lowest BCUT2D eigenvalue weighted by molar-refractivity contribution is 0.0722. The molecule has 0 saturated heterocycles. The first-order valence-electron chi connectivity index (χ1n) is 7.89. The Morgan fingerprint density at radius 2 is 1.70 bits per heavy atom. The first-order valence-corrected chi connectivity index (χ1v) is 8.64. The number of ether oxygens (including phenoxy) is 1. The Hall–Kier alpha value is -0.970. The maximum absolute atomic E-state index is 12.7. The highest BCUT2D eigenvalue weighted by atomic mass is 35.5. The summed E-state index contributed by atoms with van der Waals surface area (Å²) in [5.41, 5.74) is 0.473. The van der Waals surface area contributed by atoms with Gasteiger partial charge in [-0.05, 0) is 49.7 Å². The van der Waals surface area contributed by atoms with E-state index in [0.29, 0.717) is 33.2 Å². The minimum Gasteiger partial charge on any atom is -0.494 e. The second-order valence-corrected chi connectivity index (χ2v) is 7.47. The summed E-state index contributed by atoms with van der Waals surface area (Å²) in [4.78, 5) is 14.5. The average molecular weight is 358 g/mol. The van der Waals surface area contributed by atoms with Crippen molar-refractivity contribution in [3.8, 4) is 5.75 Å². The third-order valence-corrected chi connectivity index (χ3v) is 5.84. The molecule has 1 aromatic rings. The smallest absolute Gasteiger partial charge is 0.253 e. The lowest BCUT2D eigenvalue weighted by atomic mass is 10.0. The third kappa shape index (κ3) is 3.17.